The molecule has 2 saturated heterocycles. The van der Waals surface area contributed by atoms with Gasteiger partial charge in [0.15, 0.2) is 0 Å². The topological polar surface area (TPSA) is 12.5 Å². The molecule has 2 nitrogen and oxygen atoms in total. The van der Waals surface area contributed by atoms with Crippen LogP contribution in [0.5, 0.6) is 0 Å². The van der Waals surface area contributed by atoms with Crippen molar-refractivity contribution in [2.45, 2.75) is 70.4 Å². The molecule has 0 bridgehead atoms. The zero-order chi connectivity index (χ0) is 11.7. The van der Waals surface area contributed by atoms with Crippen LogP contribution in [0.15, 0.2) is 0 Å². The number of ether oxygens (including phenoxy) is 1. The standard InChI is InChI=1S/C15H27NO/c1-2-12-7-8-14-9-13-5-3-4-6-15(13)17-11-16(14)10-12/h12-15H,2-11H2,1H3/t12-,13+,14-,15-/m1/s1. The maximum atomic E-state index is 6.20. The van der Waals surface area contributed by atoms with E-state index in [4.69, 9.17) is 4.74 Å². The first kappa shape index (κ1) is 12.0. The minimum absolute atomic E-state index is 0.592. The summed E-state index contributed by atoms with van der Waals surface area (Å²) < 4.78 is 6.20. The van der Waals surface area contributed by atoms with E-state index in [-0.39, 0.29) is 0 Å². The van der Waals surface area contributed by atoms with Crippen LogP contribution in [0.3, 0.4) is 0 Å². The lowest BCUT2D eigenvalue weighted by Crippen LogP contribution is -2.43. The van der Waals surface area contributed by atoms with Crippen LogP contribution in [0.1, 0.15) is 58.3 Å². The van der Waals surface area contributed by atoms with Crippen molar-refractivity contribution in [3.05, 3.63) is 0 Å². The second kappa shape index (κ2) is 5.27. The van der Waals surface area contributed by atoms with E-state index in [0.717, 1.165) is 24.6 Å². The van der Waals surface area contributed by atoms with Gasteiger partial charge in [-0.2, -0.15) is 0 Å². The molecule has 0 radical (unpaired) electrons. The average Bonchev–Trinajstić information content (AvgIpc) is 2.57. The van der Waals surface area contributed by atoms with Crippen LogP contribution in [0, 0.1) is 11.8 Å². The lowest BCUT2D eigenvalue weighted by Gasteiger charge is -2.38. The SMILES string of the molecule is CC[C@@H]1CC[C@@H]2C[C@@H]3CCCC[C@H]3OCN2C1. The lowest BCUT2D eigenvalue weighted by molar-refractivity contribution is -0.0525. The smallest absolute Gasteiger partial charge is 0.0996 e. The van der Waals surface area contributed by atoms with E-state index in [2.05, 4.69) is 11.8 Å². The number of fused-ring (bicyclic) bond motifs is 2. The van der Waals surface area contributed by atoms with Crippen LogP contribution in [-0.2, 0) is 4.74 Å². The normalized spacial score (nSPS) is 43.6. The van der Waals surface area contributed by atoms with Crippen molar-refractivity contribution in [2.75, 3.05) is 13.3 Å². The first-order chi connectivity index (χ1) is 8.36. The lowest BCUT2D eigenvalue weighted by atomic mass is 9.80. The van der Waals surface area contributed by atoms with Gasteiger partial charge in [-0.1, -0.05) is 26.2 Å². The molecule has 0 aromatic heterocycles. The van der Waals surface area contributed by atoms with E-state index >= 15 is 0 Å². The summed E-state index contributed by atoms with van der Waals surface area (Å²) in [5.41, 5.74) is 0. The fraction of sp³-hybridized carbons (Fsp3) is 1.00. The molecule has 0 N–H and O–H groups in total. The fourth-order valence-corrected chi connectivity index (χ4v) is 4.14. The molecule has 17 heavy (non-hydrogen) atoms. The van der Waals surface area contributed by atoms with Crippen LogP contribution in [0.4, 0.5) is 0 Å². The molecule has 3 rings (SSSR count). The van der Waals surface area contributed by atoms with Crippen molar-refractivity contribution in [3.63, 3.8) is 0 Å². The molecular weight excluding hydrogens is 210 g/mol. The first-order valence-corrected chi connectivity index (χ1v) is 7.72. The molecular formula is C15H27NO. The predicted molar refractivity (Wildman–Crippen MR) is 69.8 cm³/mol. The zero-order valence-electron chi connectivity index (χ0n) is 11.2. The Balaban J connectivity index is 1.65. The Morgan fingerprint density at radius 3 is 2.88 bits per heavy atom. The number of hydrogen-bond acceptors (Lipinski definition) is 2. The minimum atomic E-state index is 0.592. The van der Waals surface area contributed by atoms with Gasteiger partial charge in [0.25, 0.3) is 0 Å². The van der Waals surface area contributed by atoms with Crippen molar-refractivity contribution in [1.82, 2.24) is 4.90 Å². The van der Waals surface area contributed by atoms with Gasteiger partial charge < -0.3 is 4.74 Å². The summed E-state index contributed by atoms with van der Waals surface area (Å²) in [6.45, 7) is 4.55. The highest BCUT2D eigenvalue weighted by molar-refractivity contribution is 4.88. The molecule has 98 valence electrons. The van der Waals surface area contributed by atoms with E-state index in [1.165, 1.54) is 57.9 Å². The van der Waals surface area contributed by atoms with E-state index in [1.54, 1.807) is 0 Å². The Morgan fingerprint density at radius 1 is 1.12 bits per heavy atom. The molecule has 2 aliphatic heterocycles. The van der Waals surface area contributed by atoms with E-state index in [0.29, 0.717) is 6.10 Å². The maximum absolute atomic E-state index is 6.20. The average molecular weight is 237 g/mol. The highest BCUT2D eigenvalue weighted by Gasteiger charge is 2.36. The van der Waals surface area contributed by atoms with Gasteiger partial charge in [-0.25, -0.2) is 0 Å². The summed E-state index contributed by atoms with van der Waals surface area (Å²) >= 11 is 0. The van der Waals surface area contributed by atoms with Crippen molar-refractivity contribution < 1.29 is 4.74 Å². The molecule has 4 atom stereocenters. The number of rotatable bonds is 1. The number of piperidine rings is 1. The Bertz CT molecular complexity index is 255. The molecule has 0 unspecified atom stereocenters. The summed E-state index contributed by atoms with van der Waals surface area (Å²) in [7, 11) is 0. The van der Waals surface area contributed by atoms with Gasteiger partial charge in [0.05, 0.1) is 12.8 Å². The van der Waals surface area contributed by atoms with Crippen LogP contribution in [-0.4, -0.2) is 30.3 Å². The Hall–Kier alpha value is -0.0800. The van der Waals surface area contributed by atoms with Crippen molar-refractivity contribution in [3.8, 4) is 0 Å². The minimum Gasteiger partial charge on any atom is -0.363 e. The second-order valence-corrected chi connectivity index (χ2v) is 6.39. The second-order valence-electron chi connectivity index (χ2n) is 6.39. The number of nitrogens with zero attached hydrogens (tertiary/aromatic N) is 1. The summed E-state index contributed by atoms with van der Waals surface area (Å²) in [5.74, 6) is 1.80. The molecule has 0 aromatic carbocycles. The van der Waals surface area contributed by atoms with Gasteiger partial charge >= 0.3 is 0 Å². The monoisotopic (exact) mass is 237 g/mol. The van der Waals surface area contributed by atoms with Crippen LogP contribution in [0.25, 0.3) is 0 Å². The summed E-state index contributed by atoms with van der Waals surface area (Å²) in [6, 6.07) is 0.839. The van der Waals surface area contributed by atoms with Crippen LogP contribution in [0.2, 0.25) is 0 Å². The Labute approximate surface area is 106 Å². The van der Waals surface area contributed by atoms with Gasteiger partial charge in [-0.3, -0.25) is 4.90 Å². The molecule has 0 aromatic rings. The molecule has 3 fully saturated rings. The zero-order valence-corrected chi connectivity index (χ0v) is 11.2. The van der Waals surface area contributed by atoms with Gasteiger partial charge in [0, 0.05) is 12.6 Å². The third-order valence-corrected chi connectivity index (χ3v) is 5.36. The largest absolute Gasteiger partial charge is 0.363 e. The fourth-order valence-electron chi connectivity index (χ4n) is 4.14. The summed E-state index contributed by atoms with van der Waals surface area (Å²) in [5, 5.41) is 0. The third-order valence-electron chi connectivity index (χ3n) is 5.36. The molecule has 3 aliphatic rings. The molecule has 1 saturated carbocycles. The van der Waals surface area contributed by atoms with Crippen molar-refractivity contribution >= 4 is 0 Å². The van der Waals surface area contributed by atoms with Crippen molar-refractivity contribution in [1.29, 1.82) is 0 Å². The molecule has 2 heteroatoms. The number of hydrogen-bond donors (Lipinski definition) is 0. The van der Waals surface area contributed by atoms with E-state index < -0.39 is 0 Å². The predicted octanol–water partition coefficient (Wildman–Crippen LogP) is 3.41. The van der Waals surface area contributed by atoms with Crippen LogP contribution < -0.4 is 0 Å². The van der Waals surface area contributed by atoms with Crippen molar-refractivity contribution in [2.24, 2.45) is 11.8 Å². The van der Waals surface area contributed by atoms with E-state index in [1.807, 2.05) is 0 Å². The molecule has 0 spiro atoms. The van der Waals surface area contributed by atoms with Gasteiger partial charge in [0.1, 0.15) is 0 Å². The molecule has 2 heterocycles. The van der Waals surface area contributed by atoms with Gasteiger partial charge in [-0.15, -0.1) is 0 Å². The van der Waals surface area contributed by atoms with Gasteiger partial charge in [0.2, 0.25) is 0 Å². The third kappa shape index (κ3) is 2.53. The molecule has 0 amide bonds. The highest BCUT2D eigenvalue weighted by Crippen LogP contribution is 2.37. The van der Waals surface area contributed by atoms with E-state index in [9.17, 15) is 0 Å². The summed E-state index contributed by atoms with van der Waals surface area (Å²) in [4.78, 5) is 2.65. The van der Waals surface area contributed by atoms with Crippen LogP contribution >= 0.6 is 0 Å². The summed E-state index contributed by atoms with van der Waals surface area (Å²) in [6.07, 6.45) is 11.8. The maximum Gasteiger partial charge on any atom is 0.0996 e. The Kier molecular flexibility index (Phi) is 3.72. The highest BCUT2D eigenvalue weighted by atomic mass is 16.5. The quantitative estimate of drug-likeness (QED) is 0.693. The van der Waals surface area contributed by atoms with Gasteiger partial charge in [-0.05, 0) is 43.9 Å². The molecule has 1 aliphatic carbocycles. The first-order valence-electron chi connectivity index (χ1n) is 7.72. The Morgan fingerprint density at radius 2 is 2.00 bits per heavy atom.